The fourth-order valence-electron chi connectivity index (χ4n) is 1.68. The summed E-state index contributed by atoms with van der Waals surface area (Å²) < 4.78 is 10.4. The van der Waals surface area contributed by atoms with Crippen molar-refractivity contribution in [2.75, 3.05) is 32.2 Å². The number of methoxy groups -OCH3 is 1. The largest absolute Gasteiger partial charge is 0.491 e. The summed E-state index contributed by atoms with van der Waals surface area (Å²) >= 11 is 0. The molecule has 0 unspecified atom stereocenters. The maximum absolute atomic E-state index is 11.9. The van der Waals surface area contributed by atoms with Crippen LogP contribution in [0.2, 0.25) is 0 Å². The SMILES string of the molecule is COCCOc1cccc(NC(=O)CCNC(C)(C)C)c1. The van der Waals surface area contributed by atoms with Crippen LogP contribution in [0.1, 0.15) is 27.2 Å². The first-order chi connectivity index (χ1) is 9.90. The van der Waals surface area contributed by atoms with E-state index in [0.717, 1.165) is 11.4 Å². The summed E-state index contributed by atoms with van der Waals surface area (Å²) in [4.78, 5) is 11.9. The zero-order valence-electron chi connectivity index (χ0n) is 13.4. The molecule has 0 spiro atoms. The molecular weight excluding hydrogens is 268 g/mol. The molecular formula is C16H26N2O3. The molecule has 2 N–H and O–H groups in total. The van der Waals surface area contributed by atoms with Crippen molar-refractivity contribution < 1.29 is 14.3 Å². The molecule has 1 amide bonds. The van der Waals surface area contributed by atoms with Crippen LogP contribution in [-0.4, -0.2) is 38.3 Å². The zero-order chi connectivity index (χ0) is 15.7. The summed E-state index contributed by atoms with van der Waals surface area (Å²) in [5.41, 5.74) is 0.765. The van der Waals surface area contributed by atoms with Gasteiger partial charge in [-0.05, 0) is 32.9 Å². The summed E-state index contributed by atoms with van der Waals surface area (Å²) in [6.45, 7) is 7.90. The maximum Gasteiger partial charge on any atom is 0.225 e. The van der Waals surface area contributed by atoms with Gasteiger partial charge in [-0.15, -0.1) is 0 Å². The van der Waals surface area contributed by atoms with E-state index in [1.54, 1.807) is 7.11 Å². The van der Waals surface area contributed by atoms with E-state index in [0.29, 0.717) is 26.2 Å². The predicted octanol–water partition coefficient (Wildman–Crippen LogP) is 2.43. The normalized spacial score (nSPS) is 11.2. The van der Waals surface area contributed by atoms with Crippen molar-refractivity contribution >= 4 is 11.6 Å². The molecule has 0 radical (unpaired) electrons. The van der Waals surface area contributed by atoms with Gasteiger partial charge in [-0.25, -0.2) is 0 Å². The van der Waals surface area contributed by atoms with Crippen LogP contribution in [0.15, 0.2) is 24.3 Å². The Kier molecular flexibility index (Phi) is 7.19. The van der Waals surface area contributed by atoms with Crippen molar-refractivity contribution in [2.45, 2.75) is 32.7 Å². The lowest BCUT2D eigenvalue weighted by molar-refractivity contribution is -0.116. The smallest absolute Gasteiger partial charge is 0.225 e. The second kappa shape index (κ2) is 8.64. The van der Waals surface area contributed by atoms with Gasteiger partial charge in [0.2, 0.25) is 5.91 Å². The molecule has 0 saturated heterocycles. The van der Waals surface area contributed by atoms with Crippen LogP contribution in [0.3, 0.4) is 0 Å². The number of benzene rings is 1. The van der Waals surface area contributed by atoms with Gasteiger partial charge in [-0.3, -0.25) is 4.79 Å². The number of nitrogens with one attached hydrogen (secondary N) is 2. The molecule has 1 aromatic carbocycles. The fraction of sp³-hybridized carbons (Fsp3) is 0.562. The number of hydrogen-bond donors (Lipinski definition) is 2. The highest BCUT2D eigenvalue weighted by atomic mass is 16.5. The minimum atomic E-state index is -0.0132. The first kappa shape index (κ1) is 17.5. The number of carbonyl (C=O) groups is 1. The Hall–Kier alpha value is -1.59. The van der Waals surface area contributed by atoms with Crippen LogP contribution in [0.25, 0.3) is 0 Å². The number of rotatable bonds is 8. The number of ether oxygens (including phenoxy) is 2. The summed E-state index contributed by atoms with van der Waals surface area (Å²) in [7, 11) is 1.63. The highest BCUT2D eigenvalue weighted by molar-refractivity contribution is 5.91. The van der Waals surface area contributed by atoms with Gasteiger partial charge in [0.1, 0.15) is 12.4 Å². The van der Waals surface area contributed by atoms with Crippen molar-refractivity contribution in [1.29, 1.82) is 0 Å². The predicted molar refractivity (Wildman–Crippen MR) is 84.8 cm³/mol. The fourth-order valence-corrected chi connectivity index (χ4v) is 1.68. The van der Waals surface area contributed by atoms with Crippen LogP contribution in [-0.2, 0) is 9.53 Å². The third kappa shape index (κ3) is 8.32. The maximum atomic E-state index is 11.9. The number of hydrogen-bond acceptors (Lipinski definition) is 4. The third-order valence-corrected chi connectivity index (χ3v) is 2.68. The Labute approximate surface area is 127 Å². The van der Waals surface area contributed by atoms with Gasteiger partial charge in [0, 0.05) is 37.4 Å². The highest BCUT2D eigenvalue weighted by Crippen LogP contribution is 2.17. The van der Waals surface area contributed by atoms with E-state index in [2.05, 4.69) is 31.4 Å². The van der Waals surface area contributed by atoms with E-state index in [-0.39, 0.29) is 11.4 Å². The summed E-state index contributed by atoms with van der Waals surface area (Å²) in [5.74, 6) is 0.707. The van der Waals surface area contributed by atoms with E-state index in [4.69, 9.17) is 9.47 Å². The Balaban J connectivity index is 2.39. The molecule has 0 aliphatic heterocycles. The molecule has 0 aliphatic rings. The van der Waals surface area contributed by atoms with Crippen molar-refractivity contribution in [3.63, 3.8) is 0 Å². The molecule has 0 fully saturated rings. The average Bonchev–Trinajstić information content (AvgIpc) is 2.38. The number of anilines is 1. The minimum Gasteiger partial charge on any atom is -0.491 e. The van der Waals surface area contributed by atoms with Gasteiger partial charge in [-0.2, -0.15) is 0 Å². The Bertz CT molecular complexity index is 441. The van der Waals surface area contributed by atoms with Crippen molar-refractivity contribution in [3.8, 4) is 5.75 Å². The van der Waals surface area contributed by atoms with Gasteiger partial charge in [0.05, 0.1) is 6.61 Å². The summed E-state index contributed by atoms with van der Waals surface area (Å²) in [5, 5.41) is 6.15. The van der Waals surface area contributed by atoms with Gasteiger partial charge in [0.25, 0.3) is 0 Å². The van der Waals surface area contributed by atoms with Gasteiger partial charge in [-0.1, -0.05) is 6.07 Å². The Morgan fingerprint density at radius 3 is 2.67 bits per heavy atom. The zero-order valence-corrected chi connectivity index (χ0v) is 13.4. The van der Waals surface area contributed by atoms with Crippen molar-refractivity contribution in [2.24, 2.45) is 0 Å². The topological polar surface area (TPSA) is 59.6 Å². The van der Waals surface area contributed by atoms with Crippen molar-refractivity contribution in [1.82, 2.24) is 5.32 Å². The summed E-state index contributed by atoms with van der Waals surface area (Å²) in [6, 6.07) is 7.36. The van der Waals surface area contributed by atoms with Crippen LogP contribution in [0, 0.1) is 0 Å². The first-order valence-corrected chi connectivity index (χ1v) is 7.17. The minimum absolute atomic E-state index is 0.0132. The van der Waals surface area contributed by atoms with E-state index in [1.165, 1.54) is 0 Å². The second-order valence-electron chi connectivity index (χ2n) is 5.84. The molecule has 0 aliphatic carbocycles. The monoisotopic (exact) mass is 294 g/mol. The van der Waals surface area contributed by atoms with Crippen LogP contribution in [0.5, 0.6) is 5.75 Å². The average molecular weight is 294 g/mol. The number of amides is 1. The molecule has 0 aromatic heterocycles. The van der Waals surface area contributed by atoms with Gasteiger partial charge in [0.15, 0.2) is 0 Å². The molecule has 0 heterocycles. The lowest BCUT2D eigenvalue weighted by Crippen LogP contribution is -2.37. The molecule has 5 heteroatoms. The van der Waals surface area contributed by atoms with Gasteiger partial charge < -0.3 is 20.1 Å². The van der Waals surface area contributed by atoms with Crippen LogP contribution in [0.4, 0.5) is 5.69 Å². The molecule has 21 heavy (non-hydrogen) atoms. The van der Waals surface area contributed by atoms with E-state index >= 15 is 0 Å². The van der Waals surface area contributed by atoms with E-state index < -0.39 is 0 Å². The molecule has 1 aromatic rings. The second-order valence-corrected chi connectivity index (χ2v) is 5.84. The van der Waals surface area contributed by atoms with Crippen LogP contribution < -0.4 is 15.4 Å². The molecule has 0 bridgehead atoms. The quantitative estimate of drug-likeness (QED) is 0.723. The lowest BCUT2D eigenvalue weighted by Gasteiger charge is -2.20. The molecule has 5 nitrogen and oxygen atoms in total. The third-order valence-electron chi connectivity index (χ3n) is 2.68. The van der Waals surface area contributed by atoms with Crippen molar-refractivity contribution in [3.05, 3.63) is 24.3 Å². The molecule has 0 saturated carbocycles. The summed E-state index contributed by atoms with van der Waals surface area (Å²) in [6.07, 6.45) is 0.437. The van der Waals surface area contributed by atoms with E-state index in [9.17, 15) is 4.79 Å². The standard InChI is InChI=1S/C16H26N2O3/c1-16(2,3)17-9-8-15(19)18-13-6-5-7-14(12-13)21-11-10-20-4/h5-7,12,17H,8-11H2,1-4H3,(H,18,19). The first-order valence-electron chi connectivity index (χ1n) is 7.17. The van der Waals surface area contributed by atoms with Crippen LogP contribution >= 0.6 is 0 Å². The molecule has 1 rings (SSSR count). The highest BCUT2D eigenvalue weighted by Gasteiger charge is 2.09. The number of carbonyl (C=O) groups excluding carboxylic acids is 1. The molecule has 118 valence electrons. The van der Waals surface area contributed by atoms with E-state index in [1.807, 2.05) is 24.3 Å². The molecule has 0 atom stereocenters. The lowest BCUT2D eigenvalue weighted by atomic mass is 10.1. The Morgan fingerprint density at radius 1 is 1.24 bits per heavy atom. The Morgan fingerprint density at radius 2 is 2.00 bits per heavy atom. The van der Waals surface area contributed by atoms with Gasteiger partial charge >= 0.3 is 0 Å².